The summed E-state index contributed by atoms with van der Waals surface area (Å²) in [6, 6.07) is 0. The number of rotatable bonds is 0. The summed E-state index contributed by atoms with van der Waals surface area (Å²) in [6.45, 7) is -3.08. The molecule has 0 fully saturated rings. The molecule has 0 nitrogen and oxygen atoms in total. The summed E-state index contributed by atoms with van der Waals surface area (Å²) in [6.07, 6.45) is 0. The average Bonchev–Trinajstić information content (AvgIpc) is 1.25. The molecular formula is CHF3GeI3. The average molecular weight is 523 g/mol. The Morgan fingerprint density at radius 3 is 1.00 bits per heavy atom. The molecule has 0 aromatic carbocycles. The molecule has 0 rings (SSSR count). The Labute approximate surface area is 83.3 Å². The Morgan fingerprint density at radius 1 is 1.00 bits per heavy atom. The molecule has 0 saturated carbocycles. The number of hydrogen-bond donors (Lipinski definition) is 0. The van der Waals surface area contributed by atoms with Gasteiger partial charge in [-0.05, 0) is 0 Å². The third kappa shape index (κ3) is 75.8. The third-order valence-corrected chi connectivity index (χ3v) is 0. The third-order valence-electron chi connectivity index (χ3n) is 0. The van der Waals surface area contributed by atoms with Crippen LogP contribution in [0.1, 0.15) is 0 Å². The molecule has 0 unspecified atom stereocenters. The molecule has 1 radical (unpaired) electrons. The van der Waals surface area contributed by atoms with Crippen LogP contribution in [0.5, 0.6) is 0 Å². The molecule has 0 aliphatic rings. The minimum absolute atomic E-state index is 0.569. The van der Waals surface area contributed by atoms with Crippen LogP contribution in [0, 0.1) is 6.68 Å². The first kappa shape index (κ1) is 13.1. The van der Waals surface area contributed by atoms with E-state index in [4.69, 9.17) is 0 Å². The van der Waals surface area contributed by atoms with Gasteiger partial charge in [0.1, 0.15) is 0 Å². The van der Waals surface area contributed by atoms with Crippen LogP contribution in [0.25, 0.3) is 0 Å². The van der Waals surface area contributed by atoms with E-state index in [1.807, 2.05) is 0 Å². The molecule has 8 heavy (non-hydrogen) atoms. The zero-order chi connectivity index (χ0) is 7.15. The van der Waals surface area contributed by atoms with Crippen LogP contribution in [0.3, 0.4) is 0 Å². The summed E-state index contributed by atoms with van der Waals surface area (Å²) in [7, 11) is 0. The summed E-state index contributed by atoms with van der Waals surface area (Å²) in [5.74, 6) is 0. The van der Waals surface area contributed by atoms with Crippen LogP contribution in [0.15, 0.2) is 0 Å². The molecule has 0 heterocycles. The van der Waals surface area contributed by atoms with E-state index in [0.29, 0.717) is 0 Å². The molecule has 0 bridgehead atoms. The van der Waals surface area contributed by atoms with Crippen molar-refractivity contribution in [3.05, 3.63) is 6.68 Å². The minimum atomic E-state index is -3.08. The zero-order valence-electron chi connectivity index (χ0n) is 3.35. The summed E-state index contributed by atoms with van der Waals surface area (Å²) in [5, 5.41) is 0. The molecule has 0 aliphatic carbocycles. The van der Waals surface area contributed by atoms with Gasteiger partial charge in [-0.3, -0.25) is 0 Å². The Kier molecular flexibility index (Phi) is 15.6. The molecule has 0 atom stereocenters. The van der Waals surface area contributed by atoms with Gasteiger partial charge in [-0.1, -0.05) is 0 Å². The zero-order valence-corrected chi connectivity index (χ0v) is 12.2. The van der Waals surface area contributed by atoms with Crippen molar-refractivity contribution >= 4 is 65.1 Å². The van der Waals surface area contributed by atoms with Crippen molar-refractivity contribution in [1.82, 2.24) is 0 Å². The maximum absolute atomic E-state index is 9.58. The van der Waals surface area contributed by atoms with Crippen LogP contribution in [-0.2, 0) is 0 Å². The van der Waals surface area contributed by atoms with Gasteiger partial charge >= 0.3 is 71.7 Å². The Hall–Kier alpha value is 2.52. The standard InChI is InChI=1S/CF3.GeHI3/c2*2-1(3)4/h;1H. The molecule has 0 saturated heterocycles. The van der Waals surface area contributed by atoms with Crippen molar-refractivity contribution in [2.45, 2.75) is 0 Å². The molecule has 0 N–H and O–H groups in total. The topological polar surface area (TPSA) is 0 Å². The second kappa shape index (κ2) is 9.52. The van der Waals surface area contributed by atoms with Crippen LogP contribution in [0.4, 0.5) is 13.2 Å². The van der Waals surface area contributed by atoms with Crippen LogP contribution < -0.4 is 0 Å². The Balaban J connectivity index is 0. The Bertz CT molecular complexity index is 30.0. The van der Waals surface area contributed by atoms with Gasteiger partial charge in [0.25, 0.3) is 0 Å². The van der Waals surface area contributed by atoms with Crippen molar-refractivity contribution in [3.63, 3.8) is 0 Å². The molecule has 7 heteroatoms. The fourth-order valence-electron chi connectivity index (χ4n) is 0. The van der Waals surface area contributed by atoms with Crippen molar-refractivity contribution in [2.24, 2.45) is 0 Å². The summed E-state index contributed by atoms with van der Waals surface area (Å²) < 4.78 is 28.2. The van der Waals surface area contributed by atoms with E-state index < -0.39 is 11.1 Å². The van der Waals surface area contributed by atoms with E-state index >= 15 is 0 Å². The van der Waals surface area contributed by atoms with E-state index in [0.717, 1.165) is 0 Å². The van der Waals surface area contributed by atoms with Crippen LogP contribution >= 0.6 is 60.6 Å². The first-order chi connectivity index (χ1) is 3.46. The molecule has 51 valence electrons. The van der Waals surface area contributed by atoms with E-state index in [-0.39, 0.29) is 0 Å². The van der Waals surface area contributed by atoms with Gasteiger partial charge in [0.15, 0.2) is 0 Å². The second-order valence-electron chi connectivity index (χ2n) is 0.462. The van der Waals surface area contributed by atoms with Gasteiger partial charge in [-0.15, -0.1) is 0 Å². The predicted octanol–water partition coefficient (Wildman–Crippen LogP) is 3.35. The van der Waals surface area contributed by atoms with E-state index in [1.165, 1.54) is 0 Å². The SMILES string of the molecule is F[C](F)F.[I][GeH]([I])[I]. The first-order valence-corrected chi connectivity index (χ1v) is 23.4. The van der Waals surface area contributed by atoms with Crippen molar-refractivity contribution < 1.29 is 13.2 Å². The van der Waals surface area contributed by atoms with Crippen molar-refractivity contribution in [3.8, 4) is 0 Å². The molecule has 0 aliphatic heterocycles. The maximum atomic E-state index is 9.58. The molecule has 0 aromatic rings. The normalized spacial score (nSPS) is 9.00. The van der Waals surface area contributed by atoms with Gasteiger partial charge in [0.05, 0.1) is 0 Å². The summed E-state index contributed by atoms with van der Waals surface area (Å²) in [4.78, 5) is 0. The number of hydrogen-bond acceptors (Lipinski definition) is 0. The van der Waals surface area contributed by atoms with Crippen LogP contribution in [0.2, 0.25) is 0 Å². The number of halogens is 6. The summed E-state index contributed by atoms with van der Waals surface area (Å²) in [5.41, 5.74) is 0. The fourth-order valence-corrected chi connectivity index (χ4v) is 0. The monoisotopic (exact) mass is 525 g/mol. The van der Waals surface area contributed by atoms with Gasteiger partial charge in [-0.2, -0.15) is 13.2 Å². The van der Waals surface area contributed by atoms with E-state index in [1.54, 1.807) is 0 Å². The Morgan fingerprint density at radius 2 is 1.00 bits per heavy atom. The molecule has 0 amide bonds. The molecular weight excluding hydrogens is 522 g/mol. The quantitative estimate of drug-likeness (QED) is 0.338. The van der Waals surface area contributed by atoms with Gasteiger partial charge < -0.3 is 0 Å². The second-order valence-corrected chi connectivity index (χ2v) is 58.1. The van der Waals surface area contributed by atoms with Gasteiger partial charge in [0.2, 0.25) is 0 Å². The van der Waals surface area contributed by atoms with Crippen LogP contribution in [-0.4, -0.2) is 4.42 Å². The van der Waals surface area contributed by atoms with Gasteiger partial charge in [-0.25, -0.2) is 0 Å². The fraction of sp³-hybridized carbons (Fsp3) is 0. The summed E-state index contributed by atoms with van der Waals surface area (Å²) >= 11 is 7.51. The van der Waals surface area contributed by atoms with Crippen molar-refractivity contribution in [2.75, 3.05) is 0 Å². The molecule has 0 aromatic heterocycles. The van der Waals surface area contributed by atoms with E-state index in [2.05, 4.69) is 60.6 Å². The molecule has 0 spiro atoms. The first-order valence-electron chi connectivity index (χ1n) is 1.22. The van der Waals surface area contributed by atoms with Crippen molar-refractivity contribution in [1.29, 1.82) is 0 Å². The van der Waals surface area contributed by atoms with Gasteiger partial charge in [0, 0.05) is 0 Å². The predicted molar refractivity (Wildman–Crippen MR) is 55.8 cm³/mol. The van der Waals surface area contributed by atoms with E-state index in [9.17, 15) is 13.2 Å².